The van der Waals surface area contributed by atoms with E-state index in [-0.39, 0.29) is 30.2 Å². The predicted octanol–water partition coefficient (Wildman–Crippen LogP) is 6.59. The molecule has 1 fully saturated rings. The second kappa shape index (κ2) is 10.4. The topological polar surface area (TPSA) is 40.5 Å². The standard InChI is InChI=1S/C15H13F6NO2.C8H8ClF/c1-9-13(24,8-23)6-7-22(9)11-4-2-10(3-5-11)12(14(16,17)18)15(19,20)21;1-2-6-3-7(9)5-8(10)4-6/h2-5,8,12,24H,1,6-7H2;3-5H,2H2,1H3. The van der Waals surface area contributed by atoms with Gasteiger partial charge in [-0.3, -0.25) is 4.79 Å². The number of rotatable bonds is 4. The van der Waals surface area contributed by atoms with Crippen LogP contribution in [0.25, 0.3) is 0 Å². The lowest BCUT2D eigenvalue weighted by Crippen LogP contribution is -2.34. The van der Waals surface area contributed by atoms with Gasteiger partial charge in [-0.2, -0.15) is 26.3 Å². The van der Waals surface area contributed by atoms with Crippen LogP contribution in [0.1, 0.15) is 30.4 Å². The van der Waals surface area contributed by atoms with Crippen molar-refractivity contribution in [2.24, 2.45) is 0 Å². The molecule has 1 saturated heterocycles. The van der Waals surface area contributed by atoms with Gasteiger partial charge in [0.05, 0.1) is 5.70 Å². The van der Waals surface area contributed by atoms with E-state index in [1.807, 2.05) is 6.92 Å². The van der Waals surface area contributed by atoms with E-state index in [2.05, 4.69) is 6.58 Å². The Bertz CT molecular complexity index is 987. The number of hydrogen-bond acceptors (Lipinski definition) is 3. The minimum atomic E-state index is -5.46. The average molecular weight is 512 g/mol. The number of carbonyl (C=O) groups is 1. The van der Waals surface area contributed by atoms with Gasteiger partial charge in [-0.05, 0) is 47.9 Å². The molecule has 0 radical (unpaired) electrons. The Morgan fingerprint density at radius 3 is 2.09 bits per heavy atom. The van der Waals surface area contributed by atoms with Gasteiger partial charge in [0.15, 0.2) is 17.8 Å². The van der Waals surface area contributed by atoms with Crippen molar-refractivity contribution in [3.8, 4) is 0 Å². The van der Waals surface area contributed by atoms with Crippen molar-refractivity contribution >= 4 is 23.6 Å². The molecule has 1 unspecified atom stereocenters. The van der Waals surface area contributed by atoms with Crippen molar-refractivity contribution < 1.29 is 40.6 Å². The van der Waals surface area contributed by atoms with Crippen LogP contribution in [0.15, 0.2) is 54.7 Å². The van der Waals surface area contributed by atoms with E-state index in [0.29, 0.717) is 11.3 Å². The van der Waals surface area contributed by atoms with E-state index < -0.39 is 29.4 Å². The van der Waals surface area contributed by atoms with Crippen LogP contribution in [0.3, 0.4) is 0 Å². The third-order valence-corrected chi connectivity index (χ3v) is 5.48. The van der Waals surface area contributed by atoms with Crippen LogP contribution in [-0.4, -0.2) is 35.9 Å². The van der Waals surface area contributed by atoms with Gasteiger partial charge in [-0.15, -0.1) is 0 Å². The largest absolute Gasteiger partial charge is 0.404 e. The Morgan fingerprint density at radius 2 is 1.68 bits per heavy atom. The Kier molecular flexibility index (Phi) is 8.42. The zero-order chi connectivity index (χ0) is 25.9. The molecule has 3 nitrogen and oxygen atoms in total. The number of aliphatic hydroxyl groups is 1. The molecule has 2 aromatic carbocycles. The second-order valence-corrected chi connectivity index (χ2v) is 8.07. The minimum Gasteiger partial charge on any atom is -0.376 e. The van der Waals surface area contributed by atoms with Gasteiger partial charge in [0.2, 0.25) is 0 Å². The summed E-state index contributed by atoms with van der Waals surface area (Å²) in [7, 11) is 0. The fourth-order valence-electron chi connectivity index (χ4n) is 3.43. The molecular weight excluding hydrogens is 491 g/mol. The maximum atomic E-state index is 12.7. The molecule has 11 heteroatoms. The lowest BCUT2D eigenvalue weighted by atomic mass is 9.97. The predicted molar refractivity (Wildman–Crippen MR) is 114 cm³/mol. The van der Waals surface area contributed by atoms with Gasteiger partial charge in [0.25, 0.3) is 0 Å². The number of hydrogen-bond donors (Lipinski definition) is 1. The van der Waals surface area contributed by atoms with Crippen molar-refractivity contribution in [2.45, 2.75) is 43.6 Å². The van der Waals surface area contributed by atoms with Gasteiger partial charge in [-0.25, -0.2) is 4.39 Å². The van der Waals surface area contributed by atoms with Gasteiger partial charge in [-0.1, -0.05) is 37.2 Å². The number of alkyl halides is 6. The first-order valence-electron chi connectivity index (χ1n) is 9.96. The van der Waals surface area contributed by atoms with Crippen LogP contribution in [0, 0.1) is 5.82 Å². The van der Waals surface area contributed by atoms with Crippen LogP contribution in [0.2, 0.25) is 5.02 Å². The van der Waals surface area contributed by atoms with Crippen LogP contribution in [0.4, 0.5) is 36.4 Å². The summed E-state index contributed by atoms with van der Waals surface area (Å²) in [6, 6.07) is 8.17. The molecule has 186 valence electrons. The maximum Gasteiger partial charge on any atom is 0.404 e. The van der Waals surface area contributed by atoms with E-state index in [4.69, 9.17) is 11.6 Å². The number of nitrogens with zero attached hydrogens (tertiary/aromatic N) is 1. The fourth-order valence-corrected chi connectivity index (χ4v) is 3.68. The number of benzene rings is 2. The van der Waals surface area contributed by atoms with Gasteiger partial charge in [0, 0.05) is 23.7 Å². The number of aryl methyl sites for hydroxylation is 1. The van der Waals surface area contributed by atoms with Crippen molar-refractivity contribution in [2.75, 3.05) is 11.4 Å². The molecule has 34 heavy (non-hydrogen) atoms. The normalized spacial score (nSPS) is 18.7. The zero-order valence-electron chi connectivity index (χ0n) is 17.9. The third kappa shape index (κ3) is 6.50. The molecule has 0 aliphatic carbocycles. The molecule has 2 aromatic rings. The zero-order valence-corrected chi connectivity index (χ0v) is 18.6. The first kappa shape index (κ1) is 27.7. The number of carbonyl (C=O) groups excluding carboxylic acids is 1. The van der Waals surface area contributed by atoms with Gasteiger partial charge < -0.3 is 10.0 Å². The molecule has 0 bridgehead atoms. The first-order valence-corrected chi connectivity index (χ1v) is 10.3. The molecule has 0 amide bonds. The fraction of sp³-hybridized carbons (Fsp3) is 0.348. The highest BCUT2D eigenvalue weighted by Crippen LogP contribution is 2.46. The summed E-state index contributed by atoms with van der Waals surface area (Å²) < 4.78 is 88.7. The highest BCUT2D eigenvalue weighted by atomic mass is 35.5. The van der Waals surface area contributed by atoms with Crippen molar-refractivity contribution in [3.63, 3.8) is 0 Å². The smallest absolute Gasteiger partial charge is 0.376 e. The van der Waals surface area contributed by atoms with Crippen molar-refractivity contribution in [3.05, 3.63) is 76.7 Å². The minimum absolute atomic E-state index is 0.0217. The molecule has 0 aromatic heterocycles. The number of anilines is 1. The number of aldehydes is 1. The monoisotopic (exact) mass is 511 g/mol. The molecule has 1 aliphatic heterocycles. The summed E-state index contributed by atoms with van der Waals surface area (Å²) in [6.45, 7) is 5.68. The second-order valence-electron chi connectivity index (χ2n) is 7.63. The van der Waals surface area contributed by atoms with Crippen molar-refractivity contribution in [1.29, 1.82) is 0 Å². The summed E-state index contributed by atoms with van der Waals surface area (Å²) in [6.07, 6.45) is -9.78. The molecule has 1 heterocycles. The van der Waals surface area contributed by atoms with E-state index in [9.17, 15) is 40.6 Å². The van der Waals surface area contributed by atoms with Crippen LogP contribution >= 0.6 is 11.6 Å². The lowest BCUT2D eigenvalue weighted by Gasteiger charge is -2.25. The molecule has 3 rings (SSSR count). The molecule has 0 saturated carbocycles. The maximum absolute atomic E-state index is 12.7. The van der Waals surface area contributed by atoms with E-state index in [1.165, 1.54) is 17.0 Å². The third-order valence-electron chi connectivity index (χ3n) is 5.26. The highest BCUT2D eigenvalue weighted by Gasteiger charge is 2.57. The molecular formula is C23H21ClF7NO2. The highest BCUT2D eigenvalue weighted by molar-refractivity contribution is 6.30. The van der Waals surface area contributed by atoms with Crippen LogP contribution < -0.4 is 4.90 Å². The Balaban J connectivity index is 0.000000340. The van der Waals surface area contributed by atoms with Crippen molar-refractivity contribution in [1.82, 2.24) is 0 Å². The molecule has 1 atom stereocenters. The van der Waals surface area contributed by atoms with E-state index >= 15 is 0 Å². The lowest BCUT2D eigenvalue weighted by molar-refractivity contribution is -0.253. The summed E-state index contributed by atoms with van der Waals surface area (Å²) in [4.78, 5) is 12.3. The Labute approximate surface area is 196 Å². The summed E-state index contributed by atoms with van der Waals surface area (Å²) in [5.41, 5.74) is -1.52. The Morgan fingerprint density at radius 1 is 1.12 bits per heavy atom. The van der Waals surface area contributed by atoms with Gasteiger partial charge >= 0.3 is 12.4 Å². The Hall–Kier alpha value is -2.59. The first-order chi connectivity index (χ1) is 15.6. The van der Waals surface area contributed by atoms with Crippen LogP contribution in [-0.2, 0) is 11.2 Å². The molecule has 1 aliphatic rings. The summed E-state index contributed by atoms with van der Waals surface area (Å²) in [5.74, 6) is -3.84. The number of halogens is 8. The van der Waals surface area contributed by atoms with E-state index in [1.54, 1.807) is 6.07 Å². The molecule has 0 spiro atoms. The van der Waals surface area contributed by atoms with Gasteiger partial charge in [0.1, 0.15) is 5.82 Å². The van der Waals surface area contributed by atoms with E-state index in [0.717, 1.165) is 36.2 Å². The molecule has 1 N–H and O–H groups in total. The average Bonchev–Trinajstić information content (AvgIpc) is 3.01. The summed E-state index contributed by atoms with van der Waals surface area (Å²) >= 11 is 5.59. The summed E-state index contributed by atoms with van der Waals surface area (Å²) in [5, 5.41) is 10.4. The van der Waals surface area contributed by atoms with Crippen LogP contribution in [0.5, 0.6) is 0 Å². The SMILES string of the molecule is C=C1N(c2ccc(C(C(F)(F)F)C(F)(F)F)cc2)CCC1(O)C=O.CCc1cc(F)cc(Cl)c1. The quantitative estimate of drug-likeness (QED) is 0.372.